The van der Waals surface area contributed by atoms with Crippen LogP contribution in [0.5, 0.6) is 5.75 Å². The van der Waals surface area contributed by atoms with Crippen LogP contribution >= 0.6 is 0 Å². The van der Waals surface area contributed by atoms with Gasteiger partial charge in [0.25, 0.3) is 0 Å². The van der Waals surface area contributed by atoms with Crippen LogP contribution < -0.4 is 0 Å². The van der Waals surface area contributed by atoms with Crippen LogP contribution in [0, 0.1) is 0 Å². The molecule has 68 valence electrons. The first kappa shape index (κ1) is 7.44. The van der Waals surface area contributed by atoms with Gasteiger partial charge in [-0.05, 0) is 41.1 Å². The van der Waals surface area contributed by atoms with E-state index in [1.165, 1.54) is 0 Å². The van der Waals surface area contributed by atoms with Crippen LogP contribution in [0.3, 0.4) is 0 Å². The van der Waals surface area contributed by atoms with Gasteiger partial charge >= 0.3 is 0 Å². The zero-order chi connectivity index (χ0) is 9.54. The van der Waals surface area contributed by atoms with Crippen LogP contribution in [0.4, 0.5) is 0 Å². The molecule has 1 N–H and O–H groups in total. The summed E-state index contributed by atoms with van der Waals surface area (Å²) in [5.41, 5.74) is 0.878. The zero-order valence-corrected chi connectivity index (χ0v) is 7.40. The Kier molecular flexibility index (Phi) is 1.34. The highest BCUT2D eigenvalue weighted by atomic mass is 16.3. The molecule has 0 radical (unpaired) electrons. The lowest BCUT2D eigenvalue weighted by molar-refractivity contribution is 0.476. The topological polar surface area (TPSA) is 33.4 Å². The molecule has 0 saturated carbocycles. The van der Waals surface area contributed by atoms with Crippen molar-refractivity contribution in [3.8, 4) is 5.75 Å². The quantitative estimate of drug-likeness (QED) is 0.581. The van der Waals surface area contributed by atoms with Crippen LogP contribution in [0.25, 0.3) is 21.7 Å². The lowest BCUT2D eigenvalue weighted by Crippen LogP contribution is -1.73. The molecule has 0 bridgehead atoms. The fourth-order valence-electron chi connectivity index (χ4n) is 1.77. The zero-order valence-electron chi connectivity index (χ0n) is 7.40. The lowest BCUT2D eigenvalue weighted by atomic mass is 10.1. The van der Waals surface area contributed by atoms with E-state index >= 15 is 0 Å². The minimum atomic E-state index is 0.292. The molecule has 14 heavy (non-hydrogen) atoms. The average Bonchev–Trinajstić information content (AvgIpc) is 2.65. The smallest absolute Gasteiger partial charge is 0.134 e. The SMILES string of the molecule is Oc1ccc2c(ccc3occc32)c1. The number of phenols is 1. The lowest BCUT2D eigenvalue weighted by Gasteiger charge is -1.99. The number of hydrogen-bond donors (Lipinski definition) is 1. The van der Waals surface area contributed by atoms with Gasteiger partial charge in [-0.25, -0.2) is 0 Å². The van der Waals surface area contributed by atoms with Gasteiger partial charge in [0.15, 0.2) is 0 Å². The second kappa shape index (κ2) is 2.51. The van der Waals surface area contributed by atoms with E-state index in [0.717, 1.165) is 21.7 Å². The summed E-state index contributed by atoms with van der Waals surface area (Å²) in [6.45, 7) is 0. The first-order valence-electron chi connectivity index (χ1n) is 4.43. The van der Waals surface area contributed by atoms with Gasteiger partial charge in [0.1, 0.15) is 11.3 Å². The van der Waals surface area contributed by atoms with Gasteiger partial charge in [0, 0.05) is 5.39 Å². The van der Waals surface area contributed by atoms with Crippen molar-refractivity contribution in [1.29, 1.82) is 0 Å². The summed E-state index contributed by atoms with van der Waals surface area (Å²) in [6.07, 6.45) is 1.68. The van der Waals surface area contributed by atoms with Crippen molar-refractivity contribution >= 4 is 21.7 Å². The molecule has 2 aromatic carbocycles. The third kappa shape index (κ3) is 0.909. The number of fused-ring (bicyclic) bond motifs is 3. The monoisotopic (exact) mass is 184 g/mol. The summed E-state index contributed by atoms with van der Waals surface area (Å²) < 4.78 is 5.29. The first-order valence-corrected chi connectivity index (χ1v) is 4.43. The summed E-state index contributed by atoms with van der Waals surface area (Å²) in [6, 6.07) is 11.1. The molecule has 0 spiro atoms. The summed E-state index contributed by atoms with van der Waals surface area (Å²) in [4.78, 5) is 0. The Hall–Kier alpha value is -1.96. The molecular formula is C12H8O2. The van der Waals surface area contributed by atoms with Crippen molar-refractivity contribution in [2.75, 3.05) is 0 Å². The normalized spacial score (nSPS) is 11.1. The van der Waals surface area contributed by atoms with Gasteiger partial charge in [-0.1, -0.05) is 6.07 Å². The predicted octanol–water partition coefficient (Wildman–Crippen LogP) is 3.29. The molecule has 1 aromatic heterocycles. The highest BCUT2D eigenvalue weighted by Crippen LogP contribution is 2.28. The molecular weight excluding hydrogens is 176 g/mol. The Morgan fingerprint density at radius 3 is 2.79 bits per heavy atom. The van der Waals surface area contributed by atoms with Crippen molar-refractivity contribution in [3.63, 3.8) is 0 Å². The van der Waals surface area contributed by atoms with E-state index in [0.29, 0.717) is 5.75 Å². The molecule has 2 heteroatoms. The number of phenolic OH excluding ortho intramolecular Hbond substituents is 1. The van der Waals surface area contributed by atoms with Gasteiger partial charge in [-0.2, -0.15) is 0 Å². The van der Waals surface area contributed by atoms with Gasteiger partial charge in [0.2, 0.25) is 0 Å². The Balaban J connectivity index is 2.57. The van der Waals surface area contributed by atoms with Crippen LogP contribution in [-0.2, 0) is 0 Å². The molecule has 0 aliphatic heterocycles. The molecule has 0 fully saturated rings. The van der Waals surface area contributed by atoms with Crippen molar-refractivity contribution in [3.05, 3.63) is 42.7 Å². The largest absolute Gasteiger partial charge is 0.508 e. The van der Waals surface area contributed by atoms with E-state index in [1.807, 2.05) is 24.3 Å². The van der Waals surface area contributed by atoms with E-state index in [4.69, 9.17) is 4.42 Å². The number of rotatable bonds is 0. The standard InChI is InChI=1S/C12H8O2/c13-9-2-3-10-8(7-9)1-4-12-11(10)5-6-14-12/h1-7,13H. The second-order valence-electron chi connectivity index (χ2n) is 3.30. The summed E-state index contributed by atoms with van der Waals surface area (Å²) in [5.74, 6) is 0.292. The summed E-state index contributed by atoms with van der Waals surface area (Å²) in [5, 5.41) is 12.5. The van der Waals surface area contributed by atoms with E-state index in [9.17, 15) is 5.11 Å². The molecule has 0 aliphatic carbocycles. The number of aromatic hydroxyl groups is 1. The van der Waals surface area contributed by atoms with Crippen molar-refractivity contribution in [2.24, 2.45) is 0 Å². The number of hydrogen-bond acceptors (Lipinski definition) is 2. The van der Waals surface area contributed by atoms with E-state index in [-0.39, 0.29) is 0 Å². The van der Waals surface area contributed by atoms with Gasteiger partial charge in [-0.3, -0.25) is 0 Å². The molecule has 3 rings (SSSR count). The molecule has 0 atom stereocenters. The van der Waals surface area contributed by atoms with E-state index in [1.54, 1.807) is 18.4 Å². The van der Waals surface area contributed by atoms with Crippen LogP contribution in [0.1, 0.15) is 0 Å². The second-order valence-corrected chi connectivity index (χ2v) is 3.30. The maximum atomic E-state index is 9.33. The summed E-state index contributed by atoms with van der Waals surface area (Å²) in [7, 11) is 0. The van der Waals surface area contributed by atoms with E-state index < -0.39 is 0 Å². The van der Waals surface area contributed by atoms with E-state index in [2.05, 4.69) is 0 Å². The Morgan fingerprint density at radius 1 is 0.929 bits per heavy atom. The molecule has 2 nitrogen and oxygen atoms in total. The fourth-order valence-corrected chi connectivity index (χ4v) is 1.77. The van der Waals surface area contributed by atoms with Crippen molar-refractivity contribution in [1.82, 2.24) is 0 Å². The van der Waals surface area contributed by atoms with Gasteiger partial charge in [0.05, 0.1) is 6.26 Å². The van der Waals surface area contributed by atoms with Crippen LogP contribution in [-0.4, -0.2) is 5.11 Å². The third-order valence-electron chi connectivity index (χ3n) is 2.43. The maximum Gasteiger partial charge on any atom is 0.134 e. The van der Waals surface area contributed by atoms with Crippen molar-refractivity contribution < 1.29 is 9.52 Å². The molecule has 0 aliphatic rings. The molecule has 1 heterocycles. The fraction of sp³-hybridized carbons (Fsp3) is 0. The predicted molar refractivity (Wildman–Crippen MR) is 55.4 cm³/mol. The first-order chi connectivity index (χ1) is 6.84. The molecule has 0 amide bonds. The Labute approximate surface area is 80.4 Å². The minimum Gasteiger partial charge on any atom is -0.508 e. The number of furan rings is 1. The minimum absolute atomic E-state index is 0.292. The highest BCUT2D eigenvalue weighted by Gasteiger charge is 2.02. The molecule has 0 saturated heterocycles. The number of benzene rings is 2. The summed E-state index contributed by atoms with van der Waals surface area (Å²) >= 11 is 0. The average molecular weight is 184 g/mol. The Bertz CT molecular complexity index is 608. The van der Waals surface area contributed by atoms with Crippen LogP contribution in [0.2, 0.25) is 0 Å². The molecule has 3 aromatic rings. The molecule has 0 unspecified atom stereocenters. The van der Waals surface area contributed by atoms with Crippen LogP contribution in [0.15, 0.2) is 47.1 Å². The van der Waals surface area contributed by atoms with Gasteiger partial charge < -0.3 is 9.52 Å². The van der Waals surface area contributed by atoms with Crippen molar-refractivity contribution in [2.45, 2.75) is 0 Å². The van der Waals surface area contributed by atoms with Gasteiger partial charge in [-0.15, -0.1) is 0 Å². The highest BCUT2D eigenvalue weighted by molar-refractivity contribution is 6.05. The maximum absolute atomic E-state index is 9.33. The Morgan fingerprint density at radius 2 is 1.86 bits per heavy atom. The third-order valence-corrected chi connectivity index (χ3v) is 2.43.